The highest BCUT2D eigenvalue weighted by Gasteiger charge is 2.16. The number of rotatable bonds is 15. The molecule has 2 aliphatic rings. The van der Waals surface area contributed by atoms with Gasteiger partial charge in [-0.25, -0.2) is 9.97 Å². The number of halogens is 1. The number of nitrogens with zero attached hydrogens (tertiary/aromatic N) is 12. The van der Waals surface area contributed by atoms with Gasteiger partial charge in [-0.2, -0.15) is 15.3 Å². The zero-order valence-corrected chi connectivity index (χ0v) is 36.8. The van der Waals surface area contributed by atoms with E-state index in [4.69, 9.17) is 26.8 Å². The summed E-state index contributed by atoms with van der Waals surface area (Å²) in [5, 5.41) is 21.8. The van der Waals surface area contributed by atoms with Crippen LogP contribution in [-0.2, 0) is 25.9 Å². The maximum absolute atomic E-state index is 6.03. The molecule has 13 nitrogen and oxygen atoms in total. The van der Waals surface area contributed by atoms with Crippen LogP contribution in [0.2, 0.25) is 5.15 Å². The number of nitrogens with one attached hydrogen (secondary N) is 1. The van der Waals surface area contributed by atoms with Gasteiger partial charge in [0.15, 0.2) is 5.82 Å². The Morgan fingerprint density at radius 1 is 0.623 bits per heavy atom. The van der Waals surface area contributed by atoms with Crippen molar-refractivity contribution >= 4 is 45.3 Å². The van der Waals surface area contributed by atoms with E-state index in [1.54, 1.807) is 12.3 Å². The van der Waals surface area contributed by atoms with Crippen molar-refractivity contribution in [2.24, 2.45) is 0 Å². The van der Waals surface area contributed by atoms with Crippen LogP contribution < -0.4 is 5.32 Å². The van der Waals surface area contributed by atoms with Crippen molar-refractivity contribution in [3.8, 4) is 22.3 Å². The summed E-state index contributed by atoms with van der Waals surface area (Å²) in [6, 6.07) is 13.8. The lowest BCUT2D eigenvalue weighted by molar-refractivity contribution is 0.322. The summed E-state index contributed by atoms with van der Waals surface area (Å²) < 4.78 is 4.18. The summed E-state index contributed by atoms with van der Waals surface area (Å²) in [5.74, 6) is 1.80. The van der Waals surface area contributed by atoms with Crippen molar-refractivity contribution in [2.45, 2.75) is 98.1 Å². The van der Waals surface area contributed by atoms with Gasteiger partial charge in [0.1, 0.15) is 11.0 Å². The monoisotopic (exact) mass is 839 g/mol. The van der Waals surface area contributed by atoms with Gasteiger partial charge in [0, 0.05) is 60.1 Å². The predicted molar refractivity (Wildman–Crippen MR) is 245 cm³/mol. The number of fused-ring (bicyclic) bond motifs is 2. The minimum absolute atomic E-state index is 0.385. The maximum Gasteiger partial charge on any atom is 0.154 e. The third kappa shape index (κ3) is 10.8. The second kappa shape index (κ2) is 20.0. The molecule has 0 amide bonds. The van der Waals surface area contributed by atoms with E-state index in [2.05, 4.69) is 102 Å². The van der Waals surface area contributed by atoms with Crippen molar-refractivity contribution in [1.82, 2.24) is 59.5 Å². The van der Waals surface area contributed by atoms with Crippen LogP contribution in [0.3, 0.4) is 0 Å². The Morgan fingerprint density at radius 2 is 1.16 bits per heavy atom. The molecule has 0 spiro atoms. The van der Waals surface area contributed by atoms with Crippen LogP contribution in [0.15, 0.2) is 73.4 Å². The highest BCUT2D eigenvalue weighted by Crippen LogP contribution is 2.28. The summed E-state index contributed by atoms with van der Waals surface area (Å²) in [4.78, 5) is 23.5. The Hall–Kier alpha value is -5.37. The molecular formula is C47H58ClN13. The predicted octanol–water partition coefficient (Wildman–Crippen LogP) is 9.39. The first-order chi connectivity index (χ1) is 29.8. The Labute approximate surface area is 364 Å². The number of hydrogen-bond acceptors (Lipinski definition) is 11. The topological polar surface area (TPSA) is 131 Å². The largest absolute Gasteiger partial charge is 0.323 e. The first-order valence-electron chi connectivity index (χ1n) is 22.2. The molecule has 7 aromatic heterocycles. The van der Waals surface area contributed by atoms with Crippen LogP contribution in [-0.4, -0.2) is 98.8 Å². The molecular weight excluding hydrogens is 782 g/mol. The van der Waals surface area contributed by atoms with Crippen molar-refractivity contribution in [3.63, 3.8) is 0 Å². The fourth-order valence-electron chi connectivity index (χ4n) is 8.32. The minimum Gasteiger partial charge on any atom is -0.323 e. The van der Waals surface area contributed by atoms with Gasteiger partial charge in [0.2, 0.25) is 0 Å². The van der Waals surface area contributed by atoms with Crippen LogP contribution >= 0.6 is 11.6 Å². The Bertz CT molecular complexity index is 2530. The fraction of sp³-hybridized carbons (Fsp3) is 0.447. The number of aromatic nitrogens is 10. The lowest BCUT2D eigenvalue weighted by atomic mass is 10.1. The molecule has 9 heterocycles. The summed E-state index contributed by atoms with van der Waals surface area (Å²) in [6.45, 7) is 17.8. The van der Waals surface area contributed by atoms with Gasteiger partial charge in [0.05, 0.1) is 39.7 Å². The second-order valence-electron chi connectivity index (χ2n) is 16.5. The Kier molecular flexibility index (Phi) is 13.9. The van der Waals surface area contributed by atoms with Gasteiger partial charge in [-0.3, -0.25) is 19.3 Å². The average molecular weight is 841 g/mol. The van der Waals surface area contributed by atoms with Gasteiger partial charge >= 0.3 is 0 Å². The van der Waals surface area contributed by atoms with Crippen molar-refractivity contribution in [2.75, 3.05) is 44.6 Å². The quantitative estimate of drug-likeness (QED) is 0.0991. The van der Waals surface area contributed by atoms with E-state index in [-0.39, 0.29) is 0 Å². The van der Waals surface area contributed by atoms with E-state index >= 15 is 0 Å². The lowest BCUT2D eigenvalue weighted by Crippen LogP contribution is -2.21. The third-order valence-corrected chi connectivity index (χ3v) is 11.9. The van der Waals surface area contributed by atoms with Crippen molar-refractivity contribution < 1.29 is 0 Å². The molecule has 0 aromatic carbocycles. The molecule has 0 unspecified atom stereocenters. The number of hydrogen-bond donors (Lipinski definition) is 1. The number of aryl methyl sites for hydroxylation is 4. The first kappa shape index (κ1) is 42.3. The number of likely N-dealkylation sites (tertiary alicyclic amines) is 2. The summed E-state index contributed by atoms with van der Waals surface area (Å²) >= 11 is 6.03. The molecule has 318 valence electrons. The van der Waals surface area contributed by atoms with Gasteiger partial charge in [-0.05, 0) is 145 Å². The van der Waals surface area contributed by atoms with Gasteiger partial charge in [-0.1, -0.05) is 39.3 Å². The third-order valence-electron chi connectivity index (χ3n) is 11.7. The SMILES string of the molecule is CCc1nn(CCCN2CCCC2)cc1-c1cnc2ccc(Cl)nc2c1.CCc1nn(CCCN2CCCC2)cc1-c1cnc2ccc(Nc3cc(C(C)C)cnn3)nc2c1. The molecule has 0 radical (unpaired) electrons. The lowest BCUT2D eigenvalue weighted by Gasteiger charge is -2.13. The zero-order valence-electron chi connectivity index (χ0n) is 36.1. The molecule has 0 bridgehead atoms. The van der Waals surface area contributed by atoms with Crippen LogP contribution in [0.25, 0.3) is 44.3 Å². The van der Waals surface area contributed by atoms with Crippen LogP contribution in [0.5, 0.6) is 0 Å². The standard InChI is InChI=1S/C27H34N8.C20H24ClN5/c1-4-23-22(18-35(33-23)13-7-12-34-10-5-6-11-34)21-14-25-24(28-16-21)8-9-26(30-25)31-27-15-20(19(2)3)17-29-32-27;1-2-17-16(14-26(24-17)11-5-10-25-8-3-4-9-25)15-12-19-18(22-13-15)6-7-20(21)23-19/h8-9,14-19H,4-7,10-13H2,1-3H3,(H,30,31,32);6-7,12-14H,2-5,8-11H2,1H3. The van der Waals surface area contributed by atoms with Gasteiger partial charge in [0.25, 0.3) is 0 Å². The molecule has 0 saturated carbocycles. The van der Waals surface area contributed by atoms with Crippen molar-refractivity contribution in [1.29, 1.82) is 0 Å². The molecule has 9 rings (SSSR count). The normalized spacial score (nSPS) is 14.7. The molecule has 0 atom stereocenters. The highest BCUT2D eigenvalue weighted by atomic mass is 35.5. The van der Waals surface area contributed by atoms with Crippen molar-refractivity contribution in [3.05, 3.63) is 95.6 Å². The molecule has 2 saturated heterocycles. The second-order valence-corrected chi connectivity index (χ2v) is 16.9. The Balaban J connectivity index is 0.000000176. The minimum atomic E-state index is 0.385. The molecule has 2 aliphatic heterocycles. The molecule has 61 heavy (non-hydrogen) atoms. The maximum atomic E-state index is 6.03. The molecule has 7 aromatic rings. The van der Waals surface area contributed by atoms with Crippen LogP contribution in [0, 0.1) is 0 Å². The molecule has 0 aliphatic carbocycles. The molecule has 14 heteroatoms. The van der Waals surface area contributed by atoms with Gasteiger partial charge in [-0.15, -0.1) is 5.10 Å². The molecule has 1 N–H and O–H groups in total. The summed E-state index contributed by atoms with van der Waals surface area (Å²) in [6.07, 6.45) is 19.4. The van der Waals surface area contributed by atoms with E-state index < -0.39 is 0 Å². The van der Waals surface area contributed by atoms with E-state index in [0.29, 0.717) is 16.9 Å². The summed E-state index contributed by atoms with van der Waals surface area (Å²) in [7, 11) is 0. The smallest absolute Gasteiger partial charge is 0.154 e. The molecule has 2 fully saturated rings. The average Bonchev–Trinajstić information content (AvgIpc) is 4.12. The zero-order chi connectivity index (χ0) is 42.1. The van der Waals surface area contributed by atoms with E-state index in [9.17, 15) is 0 Å². The Morgan fingerprint density at radius 3 is 1.70 bits per heavy atom. The number of anilines is 2. The van der Waals surface area contributed by atoms with Gasteiger partial charge < -0.3 is 15.1 Å². The number of pyridine rings is 4. The van der Waals surface area contributed by atoms with Crippen LogP contribution in [0.1, 0.15) is 89.1 Å². The van der Waals surface area contributed by atoms with Crippen LogP contribution in [0.4, 0.5) is 11.6 Å². The van der Waals surface area contributed by atoms with E-state index in [1.165, 1.54) is 51.9 Å². The summed E-state index contributed by atoms with van der Waals surface area (Å²) in [5.41, 5.74) is 11.1. The van der Waals surface area contributed by atoms with E-state index in [0.717, 1.165) is 119 Å². The first-order valence-corrected chi connectivity index (χ1v) is 22.6. The highest BCUT2D eigenvalue weighted by molar-refractivity contribution is 6.29. The van der Waals surface area contributed by atoms with E-state index in [1.807, 2.05) is 36.7 Å². The fourth-order valence-corrected chi connectivity index (χ4v) is 8.48.